The SMILES string of the molecule is CCN(Cc1cccc(NC(=O)C2CC(=O)N(c3ccccc3Br)C2)c1)C(C)=O. The van der Waals surface area contributed by atoms with Crippen LogP contribution < -0.4 is 10.2 Å². The molecular formula is C22H24BrN3O3. The molecule has 2 aromatic rings. The number of halogens is 1. The van der Waals surface area contributed by atoms with Crippen molar-refractivity contribution in [3.63, 3.8) is 0 Å². The van der Waals surface area contributed by atoms with Crippen LogP contribution in [0.4, 0.5) is 11.4 Å². The molecule has 3 amide bonds. The Labute approximate surface area is 179 Å². The second-order valence-electron chi connectivity index (χ2n) is 7.08. The van der Waals surface area contributed by atoms with Crippen LogP contribution >= 0.6 is 15.9 Å². The molecular weight excluding hydrogens is 434 g/mol. The van der Waals surface area contributed by atoms with Crippen LogP contribution in [0.2, 0.25) is 0 Å². The lowest BCUT2D eigenvalue weighted by atomic mass is 10.1. The largest absolute Gasteiger partial charge is 0.339 e. The summed E-state index contributed by atoms with van der Waals surface area (Å²) in [6, 6.07) is 15.0. The number of anilines is 2. The molecule has 1 N–H and O–H groups in total. The standard InChI is InChI=1S/C22H24BrN3O3/c1-3-25(15(2)27)13-16-7-6-8-18(11-16)24-22(29)17-12-21(28)26(14-17)20-10-5-4-9-19(20)23/h4-11,17H,3,12-14H2,1-2H3,(H,24,29). The number of nitrogens with zero attached hydrogens (tertiary/aromatic N) is 2. The quantitative estimate of drug-likeness (QED) is 0.716. The first-order valence-corrected chi connectivity index (χ1v) is 10.4. The number of para-hydroxylation sites is 1. The van der Waals surface area contributed by atoms with Crippen LogP contribution in [0.3, 0.4) is 0 Å². The van der Waals surface area contributed by atoms with Gasteiger partial charge in [-0.1, -0.05) is 24.3 Å². The Balaban J connectivity index is 1.66. The second kappa shape index (κ2) is 9.22. The van der Waals surface area contributed by atoms with Crippen LogP contribution in [-0.2, 0) is 20.9 Å². The van der Waals surface area contributed by atoms with Crippen molar-refractivity contribution in [3.05, 3.63) is 58.6 Å². The normalized spacial score (nSPS) is 16.0. The number of hydrogen-bond acceptors (Lipinski definition) is 3. The molecule has 7 heteroatoms. The molecule has 1 aliphatic rings. The first-order valence-electron chi connectivity index (χ1n) is 9.59. The average molecular weight is 458 g/mol. The van der Waals surface area contributed by atoms with E-state index in [9.17, 15) is 14.4 Å². The van der Waals surface area contributed by atoms with E-state index in [1.54, 1.807) is 16.7 Å². The highest BCUT2D eigenvalue weighted by Crippen LogP contribution is 2.31. The van der Waals surface area contributed by atoms with Crippen molar-refractivity contribution in [1.29, 1.82) is 0 Å². The molecule has 1 heterocycles. The van der Waals surface area contributed by atoms with E-state index in [4.69, 9.17) is 0 Å². The molecule has 0 radical (unpaired) electrons. The molecule has 29 heavy (non-hydrogen) atoms. The minimum atomic E-state index is -0.414. The lowest BCUT2D eigenvalue weighted by Crippen LogP contribution is -2.28. The Morgan fingerprint density at radius 3 is 2.66 bits per heavy atom. The van der Waals surface area contributed by atoms with Crippen LogP contribution in [0.15, 0.2) is 53.0 Å². The van der Waals surface area contributed by atoms with Crippen molar-refractivity contribution in [2.45, 2.75) is 26.8 Å². The summed E-state index contributed by atoms with van der Waals surface area (Å²) in [4.78, 5) is 40.2. The van der Waals surface area contributed by atoms with E-state index in [1.807, 2.05) is 55.5 Å². The molecule has 1 fully saturated rings. The summed E-state index contributed by atoms with van der Waals surface area (Å²) in [5.41, 5.74) is 2.38. The van der Waals surface area contributed by atoms with Gasteiger partial charge in [-0.15, -0.1) is 0 Å². The van der Waals surface area contributed by atoms with E-state index < -0.39 is 5.92 Å². The van der Waals surface area contributed by atoms with Crippen LogP contribution in [0.25, 0.3) is 0 Å². The molecule has 0 spiro atoms. The van der Waals surface area contributed by atoms with Gasteiger partial charge in [-0.2, -0.15) is 0 Å². The third-order valence-corrected chi connectivity index (χ3v) is 5.70. The molecule has 1 aliphatic heterocycles. The predicted molar refractivity (Wildman–Crippen MR) is 116 cm³/mol. The van der Waals surface area contributed by atoms with Gasteiger partial charge in [-0.05, 0) is 52.7 Å². The Morgan fingerprint density at radius 2 is 1.97 bits per heavy atom. The maximum Gasteiger partial charge on any atom is 0.229 e. The highest BCUT2D eigenvalue weighted by molar-refractivity contribution is 9.10. The second-order valence-corrected chi connectivity index (χ2v) is 7.93. The monoisotopic (exact) mass is 457 g/mol. The lowest BCUT2D eigenvalue weighted by molar-refractivity contribution is -0.129. The first kappa shape index (κ1) is 21.0. The van der Waals surface area contributed by atoms with Gasteiger partial charge in [0.2, 0.25) is 17.7 Å². The summed E-state index contributed by atoms with van der Waals surface area (Å²) < 4.78 is 0.827. The molecule has 1 atom stereocenters. The molecule has 3 rings (SSSR count). The van der Waals surface area contributed by atoms with Gasteiger partial charge in [0.15, 0.2) is 0 Å². The summed E-state index contributed by atoms with van der Waals surface area (Å²) >= 11 is 3.47. The molecule has 152 valence electrons. The zero-order valence-electron chi connectivity index (χ0n) is 16.5. The average Bonchev–Trinajstić information content (AvgIpc) is 3.08. The van der Waals surface area contributed by atoms with E-state index in [1.165, 1.54) is 0 Å². The number of carbonyl (C=O) groups is 3. The van der Waals surface area contributed by atoms with Crippen LogP contribution in [-0.4, -0.2) is 35.7 Å². The zero-order chi connectivity index (χ0) is 21.0. The lowest BCUT2D eigenvalue weighted by Gasteiger charge is -2.20. The number of benzene rings is 2. The topological polar surface area (TPSA) is 69.7 Å². The third-order valence-electron chi connectivity index (χ3n) is 5.03. The fraction of sp³-hybridized carbons (Fsp3) is 0.318. The molecule has 0 aliphatic carbocycles. The predicted octanol–water partition coefficient (Wildman–Crippen LogP) is 3.81. The smallest absolute Gasteiger partial charge is 0.229 e. The van der Waals surface area contributed by atoms with Gasteiger partial charge in [-0.3, -0.25) is 14.4 Å². The number of amides is 3. The zero-order valence-corrected chi connectivity index (χ0v) is 18.1. The van der Waals surface area contributed by atoms with E-state index in [2.05, 4.69) is 21.2 Å². The maximum absolute atomic E-state index is 12.8. The van der Waals surface area contributed by atoms with Crippen LogP contribution in [0.1, 0.15) is 25.8 Å². The Kier molecular flexibility index (Phi) is 6.69. The van der Waals surface area contributed by atoms with E-state index in [0.717, 1.165) is 15.7 Å². The van der Waals surface area contributed by atoms with Gasteiger partial charge < -0.3 is 15.1 Å². The molecule has 0 saturated carbocycles. The van der Waals surface area contributed by atoms with Crippen molar-refractivity contribution in [1.82, 2.24) is 4.90 Å². The van der Waals surface area contributed by atoms with Gasteiger partial charge in [0.25, 0.3) is 0 Å². The minimum Gasteiger partial charge on any atom is -0.339 e. The van der Waals surface area contributed by atoms with Gasteiger partial charge in [0, 0.05) is 43.1 Å². The number of nitrogens with one attached hydrogen (secondary N) is 1. The fourth-order valence-electron chi connectivity index (χ4n) is 3.44. The van der Waals surface area contributed by atoms with E-state index in [-0.39, 0.29) is 24.1 Å². The van der Waals surface area contributed by atoms with Crippen molar-refractivity contribution < 1.29 is 14.4 Å². The van der Waals surface area contributed by atoms with Crippen LogP contribution in [0.5, 0.6) is 0 Å². The molecule has 1 saturated heterocycles. The van der Waals surface area contributed by atoms with Gasteiger partial charge in [0.05, 0.1) is 11.6 Å². The Morgan fingerprint density at radius 1 is 1.21 bits per heavy atom. The highest BCUT2D eigenvalue weighted by atomic mass is 79.9. The van der Waals surface area contributed by atoms with E-state index in [0.29, 0.717) is 25.3 Å². The maximum atomic E-state index is 12.8. The Bertz CT molecular complexity index is 931. The van der Waals surface area contributed by atoms with Gasteiger partial charge >= 0.3 is 0 Å². The van der Waals surface area contributed by atoms with Crippen molar-refractivity contribution >= 4 is 45.0 Å². The molecule has 2 aromatic carbocycles. The van der Waals surface area contributed by atoms with Gasteiger partial charge in [-0.25, -0.2) is 0 Å². The van der Waals surface area contributed by atoms with Crippen molar-refractivity contribution in [2.24, 2.45) is 5.92 Å². The van der Waals surface area contributed by atoms with Crippen molar-refractivity contribution in [2.75, 3.05) is 23.3 Å². The van der Waals surface area contributed by atoms with Crippen molar-refractivity contribution in [3.8, 4) is 0 Å². The fourth-order valence-corrected chi connectivity index (χ4v) is 3.94. The first-order chi connectivity index (χ1) is 13.9. The number of hydrogen-bond donors (Lipinski definition) is 1. The number of carbonyl (C=O) groups excluding carboxylic acids is 3. The summed E-state index contributed by atoms with van der Waals surface area (Å²) in [6.07, 6.45) is 0.181. The van der Waals surface area contributed by atoms with Crippen LogP contribution in [0, 0.1) is 5.92 Å². The number of rotatable bonds is 6. The molecule has 0 aromatic heterocycles. The summed E-state index contributed by atoms with van der Waals surface area (Å²) in [5, 5.41) is 2.92. The molecule has 6 nitrogen and oxygen atoms in total. The summed E-state index contributed by atoms with van der Waals surface area (Å²) in [7, 11) is 0. The molecule has 0 bridgehead atoms. The third kappa shape index (κ3) is 5.03. The summed E-state index contributed by atoms with van der Waals surface area (Å²) in [6.45, 7) is 4.94. The minimum absolute atomic E-state index is 0.0126. The Hall–Kier alpha value is -2.67. The van der Waals surface area contributed by atoms with E-state index >= 15 is 0 Å². The van der Waals surface area contributed by atoms with Gasteiger partial charge in [0.1, 0.15) is 0 Å². The summed E-state index contributed by atoms with van der Waals surface area (Å²) in [5.74, 6) is -0.643. The highest BCUT2D eigenvalue weighted by Gasteiger charge is 2.35. The molecule has 1 unspecified atom stereocenters.